The molecule has 1 aromatic carbocycles. The van der Waals surface area contributed by atoms with Crippen LogP contribution in [0.5, 0.6) is 0 Å². The van der Waals surface area contributed by atoms with Crippen LogP contribution in [0.1, 0.15) is 23.2 Å². The quantitative estimate of drug-likeness (QED) is 0.804. The fourth-order valence-corrected chi connectivity index (χ4v) is 2.10. The maximum absolute atomic E-state index is 12.1. The molecule has 2 N–H and O–H groups in total. The first kappa shape index (κ1) is 15.0. The van der Waals surface area contributed by atoms with Crippen molar-refractivity contribution in [3.63, 3.8) is 0 Å². The van der Waals surface area contributed by atoms with E-state index in [0.29, 0.717) is 12.1 Å². The van der Waals surface area contributed by atoms with Crippen LogP contribution < -0.4 is 5.32 Å². The van der Waals surface area contributed by atoms with Gasteiger partial charge in [-0.1, -0.05) is 12.1 Å². The van der Waals surface area contributed by atoms with Crippen LogP contribution in [0.15, 0.2) is 24.3 Å². The van der Waals surface area contributed by atoms with Gasteiger partial charge in [-0.2, -0.15) is 0 Å². The number of anilines is 1. The molecule has 1 fully saturated rings. The number of rotatable bonds is 4. The topological polar surface area (TPSA) is 102 Å². The van der Waals surface area contributed by atoms with Crippen molar-refractivity contribution in [2.24, 2.45) is 0 Å². The first-order chi connectivity index (χ1) is 10.0. The largest absolute Gasteiger partial charge is 0.479 e. The molecule has 112 valence electrons. The Labute approximate surface area is 120 Å². The first-order valence-electron chi connectivity index (χ1n) is 6.39. The smallest absolute Gasteiger partial charge is 0.339 e. The van der Waals surface area contributed by atoms with Crippen LogP contribution in [0.4, 0.5) is 5.69 Å². The standard InChI is InChI=1S/C14H15NO6/c1-20-14(19)8-4-2-3-5-9(8)15-12(16)10-6-7-11(21-10)13(17)18/h2-5,10-11H,6-7H2,1H3,(H,15,16)(H,17,18)/t10-,11+/m0/s1. The minimum atomic E-state index is -1.08. The van der Waals surface area contributed by atoms with Crippen molar-refractivity contribution in [2.75, 3.05) is 12.4 Å². The molecular formula is C14H15NO6. The monoisotopic (exact) mass is 293 g/mol. The summed E-state index contributed by atoms with van der Waals surface area (Å²) in [6.07, 6.45) is -1.19. The highest BCUT2D eigenvalue weighted by molar-refractivity contribution is 6.02. The summed E-state index contributed by atoms with van der Waals surface area (Å²) in [5.74, 6) is -2.13. The summed E-state index contributed by atoms with van der Waals surface area (Å²) in [7, 11) is 1.25. The highest BCUT2D eigenvalue weighted by atomic mass is 16.5. The van der Waals surface area contributed by atoms with Crippen molar-refractivity contribution in [3.8, 4) is 0 Å². The van der Waals surface area contributed by atoms with E-state index in [9.17, 15) is 14.4 Å². The van der Waals surface area contributed by atoms with Crippen molar-refractivity contribution >= 4 is 23.5 Å². The lowest BCUT2D eigenvalue weighted by molar-refractivity contribution is -0.150. The van der Waals surface area contributed by atoms with Crippen LogP contribution in [-0.4, -0.2) is 42.3 Å². The van der Waals surface area contributed by atoms with E-state index in [4.69, 9.17) is 9.84 Å². The number of benzene rings is 1. The lowest BCUT2D eigenvalue weighted by Crippen LogP contribution is -2.30. The van der Waals surface area contributed by atoms with E-state index in [0.717, 1.165) is 0 Å². The number of esters is 1. The third-order valence-corrected chi connectivity index (χ3v) is 3.18. The Bertz CT molecular complexity index is 570. The van der Waals surface area contributed by atoms with Gasteiger partial charge < -0.3 is 19.9 Å². The first-order valence-corrected chi connectivity index (χ1v) is 6.39. The zero-order valence-electron chi connectivity index (χ0n) is 11.4. The van der Waals surface area contributed by atoms with Crippen molar-refractivity contribution in [2.45, 2.75) is 25.0 Å². The molecule has 1 amide bonds. The highest BCUT2D eigenvalue weighted by Gasteiger charge is 2.35. The third kappa shape index (κ3) is 3.38. The molecule has 0 aromatic heterocycles. The molecule has 0 spiro atoms. The van der Waals surface area contributed by atoms with Gasteiger partial charge in [-0.05, 0) is 25.0 Å². The Kier molecular flexibility index (Phi) is 4.54. The van der Waals surface area contributed by atoms with Gasteiger partial charge in [0.1, 0.15) is 6.10 Å². The molecule has 1 aliphatic rings. The molecule has 0 aliphatic carbocycles. The maximum atomic E-state index is 12.1. The number of para-hydroxylation sites is 1. The zero-order chi connectivity index (χ0) is 15.4. The summed E-state index contributed by atoms with van der Waals surface area (Å²) in [5, 5.41) is 11.4. The molecule has 1 saturated heterocycles. The van der Waals surface area contributed by atoms with Crippen LogP contribution in [0.2, 0.25) is 0 Å². The van der Waals surface area contributed by atoms with Crippen LogP contribution in [0, 0.1) is 0 Å². The van der Waals surface area contributed by atoms with Gasteiger partial charge in [-0.25, -0.2) is 9.59 Å². The van der Waals surface area contributed by atoms with Crippen molar-refractivity contribution in [1.82, 2.24) is 0 Å². The molecule has 1 heterocycles. The van der Waals surface area contributed by atoms with E-state index in [1.807, 2.05) is 0 Å². The molecule has 0 radical (unpaired) electrons. The summed E-state index contributed by atoms with van der Waals surface area (Å²) in [6, 6.07) is 6.40. The fraction of sp³-hybridized carbons (Fsp3) is 0.357. The van der Waals surface area contributed by atoms with Crippen LogP contribution in [0.25, 0.3) is 0 Å². The second kappa shape index (κ2) is 6.36. The average Bonchev–Trinajstić information content (AvgIpc) is 2.97. The SMILES string of the molecule is COC(=O)c1ccccc1NC(=O)[C@@H]1CC[C@H](C(=O)O)O1. The summed E-state index contributed by atoms with van der Waals surface area (Å²) < 4.78 is 9.79. The minimum absolute atomic E-state index is 0.223. The number of nitrogens with one attached hydrogen (secondary N) is 1. The number of aliphatic carboxylic acids is 1. The average molecular weight is 293 g/mol. The Morgan fingerprint density at radius 1 is 1.24 bits per heavy atom. The van der Waals surface area contributed by atoms with Crippen LogP contribution >= 0.6 is 0 Å². The molecule has 7 heteroatoms. The number of hydrogen-bond donors (Lipinski definition) is 2. The van der Waals surface area contributed by atoms with E-state index in [1.165, 1.54) is 13.2 Å². The van der Waals surface area contributed by atoms with Crippen molar-refractivity contribution < 1.29 is 29.0 Å². The molecular weight excluding hydrogens is 278 g/mol. The van der Waals surface area contributed by atoms with Gasteiger partial charge in [0, 0.05) is 0 Å². The molecule has 0 unspecified atom stereocenters. The highest BCUT2D eigenvalue weighted by Crippen LogP contribution is 2.22. The number of carboxylic acids is 1. The van der Waals surface area contributed by atoms with Gasteiger partial charge >= 0.3 is 11.9 Å². The molecule has 0 saturated carbocycles. The van der Waals surface area contributed by atoms with Crippen LogP contribution in [-0.2, 0) is 19.1 Å². The molecule has 21 heavy (non-hydrogen) atoms. The number of carbonyl (C=O) groups excluding carboxylic acids is 2. The van der Waals surface area contributed by atoms with Crippen molar-refractivity contribution in [1.29, 1.82) is 0 Å². The number of ether oxygens (including phenoxy) is 2. The van der Waals surface area contributed by atoms with Gasteiger partial charge in [-0.15, -0.1) is 0 Å². The Morgan fingerprint density at radius 2 is 1.90 bits per heavy atom. The lowest BCUT2D eigenvalue weighted by Gasteiger charge is -2.13. The number of methoxy groups -OCH3 is 1. The predicted molar refractivity (Wildman–Crippen MR) is 71.9 cm³/mol. The predicted octanol–water partition coefficient (Wildman–Crippen LogP) is 1.04. The van der Waals surface area contributed by atoms with E-state index < -0.39 is 30.1 Å². The lowest BCUT2D eigenvalue weighted by atomic mass is 10.1. The van der Waals surface area contributed by atoms with E-state index in [-0.39, 0.29) is 12.0 Å². The zero-order valence-corrected chi connectivity index (χ0v) is 11.4. The van der Waals surface area contributed by atoms with Gasteiger partial charge in [0.05, 0.1) is 18.4 Å². The number of carboxylic acid groups (broad SMARTS) is 1. The second-order valence-corrected chi connectivity index (χ2v) is 4.56. The summed E-state index contributed by atoms with van der Waals surface area (Å²) in [5.41, 5.74) is 0.526. The second-order valence-electron chi connectivity index (χ2n) is 4.56. The van der Waals surface area contributed by atoms with E-state index >= 15 is 0 Å². The molecule has 7 nitrogen and oxygen atoms in total. The van der Waals surface area contributed by atoms with Gasteiger partial charge in [0.15, 0.2) is 6.10 Å². The van der Waals surface area contributed by atoms with Gasteiger partial charge in [0.2, 0.25) is 0 Å². The molecule has 1 aliphatic heterocycles. The Balaban J connectivity index is 2.07. The normalized spacial score (nSPS) is 20.8. The van der Waals surface area contributed by atoms with E-state index in [2.05, 4.69) is 10.1 Å². The van der Waals surface area contributed by atoms with Gasteiger partial charge in [0.25, 0.3) is 5.91 Å². The summed E-state index contributed by atoms with van der Waals surface area (Å²) in [4.78, 5) is 34.5. The summed E-state index contributed by atoms with van der Waals surface area (Å²) >= 11 is 0. The molecule has 1 aromatic rings. The Morgan fingerprint density at radius 3 is 2.52 bits per heavy atom. The third-order valence-electron chi connectivity index (χ3n) is 3.18. The van der Waals surface area contributed by atoms with Crippen molar-refractivity contribution in [3.05, 3.63) is 29.8 Å². The number of hydrogen-bond acceptors (Lipinski definition) is 5. The van der Waals surface area contributed by atoms with Gasteiger partial charge in [-0.3, -0.25) is 4.79 Å². The fourth-order valence-electron chi connectivity index (χ4n) is 2.10. The maximum Gasteiger partial charge on any atom is 0.339 e. The Hall–Kier alpha value is -2.41. The molecule has 0 bridgehead atoms. The number of carbonyl (C=O) groups is 3. The molecule has 2 atom stereocenters. The van der Waals surface area contributed by atoms with E-state index in [1.54, 1.807) is 18.2 Å². The van der Waals surface area contributed by atoms with Crippen LogP contribution in [0.3, 0.4) is 0 Å². The summed E-state index contributed by atoms with van der Waals surface area (Å²) in [6.45, 7) is 0. The number of amides is 1. The molecule has 2 rings (SSSR count). The minimum Gasteiger partial charge on any atom is -0.479 e.